The van der Waals surface area contributed by atoms with Crippen molar-refractivity contribution in [2.24, 2.45) is 0 Å². The van der Waals surface area contributed by atoms with Gasteiger partial charge in [-0.15, -0.1) is 5.10 Å². The quantitative estimate of drug-likeness (QED) is 0.680. The molecule has 1 heterocycles. The molecule has 0 unspecified atom stereocenters. The van der Waals surface area contributed by atoms with Crippen LogP contribution in [-0.2, 0) is 6.42 Å². The molecule has 3 rings (SSSR count). The van der Waals surface area contributed by atoms with Crippen molar-refractivity contribution in [2.75, 3.05) is 0 Å². The van der Waals surface area contributed by atoms with Crippen LogP contribution in [0.4, 0.5) is 4.79 Å². The van der Waals surface area contributed by atoms with Crippen molar-refractivity contribution in [3.05, 3.63) is 76.0 Å². The third-order valence-corrected chi connectivity index (χ3v) is 4.44. The Kier molecular flexibility index (Phi) is 5.14. The van der Waals surface area contributed by atoms with Crippen molar-refractivity contribution in [1.29, 1.82) is 0 Å². The Balaban J connectivity index is 1.93. The number of benzene rings is 2. The van der Waals surface area contributed by atoms with Crippen molar-refractivity contribution in [3.8, 4) is 5.69 Å². The normalized spacial score (nSPS) is 11.9. The topological polar surface area (TPSA) is 80.0 Å². The fourth-order valence-electron chi connectivity index (χ4n) is 2.71. The van der Waals surface area contributed by atoms with Crippen molar-refractivity contribution in [3.63, 3.8) is 0 Å². The number of nitrogens with one attached hydrogen (secondary N) is 1. The second-order valence-electron chi connectivity index (χ2n) is 5.64. The van der Waals surface area contributed by atoms with E-state index in [0.717, 1.165) is 21.4 Å². The molecule has 0 radical (unpaired) electrons. The molecule has 0 bridgehead atoms. The SMILES string of the molecule is Cc1c([C@@H](Cc2ccccc2)NC(=O)O)nnn1-c1ccc(Br)cc1. The lowest BCUT2D eigenvalue weighted by molar-refractivity contribution is 0.189. The van der Waals surface area contributed by atoms with E-state index in [0.29, 0.717) is 12.1 Å². The molecule has 0 fully saturated rings. The van der Waals surface area contributed by atoms with Gasteiger partial charge < -0.3 is 10.4 Å². The van der Waals surface area contributed by atoms with E-state index < -0.39 is 12.1 Å². The van der Waals surface area contributed by atoms with Crippen molar-refractivity contribution >= 4 is 22.0 Å². The fourth-order valence-corrected chi connectivity index (χ4v) is 2.97. The van der Waals surface area contributed by atoms with E-state index in [1.54, 1.807) is 4.68 Å². The first-order chi connectivity index (χ1) is 12.0. The summed E-state index contributed by atoms with van der Waals surface area (Å²) in [6, 6.07) is 16.9. The van der Waals surface area contributed by atoms with Gasteiger partial charge in [-0.1, -0.05) is 51.5 Å². The largest absolute Gasteiger partial charge is 0.465 e. The van der Waals surface area contributed by atoms with E-state index in [-0.39, 0.29) is 0 Å². The van der Waals surface area contributed by atoms with Gasteiger partial charge in [0.1, 0.15) is 5.69 Å². The number of halogens is 1. The lowest BCUT2D eigenvalue weighted by atomic mass is 10.0. The maximum absolute atomic E-state index is 11.2. The summed E-state index contributed by atoms with van der Waals surface area (Å²) in [6.07, 6.45) is -0.578. The Morgan fingerprint density at radius 2 is 1.88 bits per heavy atom. The molecule has 1 aromatic heterocycles. The molecule has 1 amide bonds. The number of nitrogens with zero attached hydrogens (tertiary/aromatic N) is 3. The van der Waals surface area contributed by atoms with Crippen molar-refractivity contribution in [2.45, 2.75) is 19.4 Å². The third kappa shape index (κ3) is 4.06. The van der Waals surface area contributed by atoms with Crippen molar-refractivity contribution < 1.29 is 9.90 Å². The standard InChI is InChI=1S/C18H17BrN4O2/c1-12-17(21-22-23(12)15-9-7-14(19)8-10-15)16(20-18(24)25)11-13-5-3-2-4-6-13/h2-10,16,20H,11H2,1H3,(H,24,25)/t16-/m1/s1. The van der Waals surface area contributed by atoms with E-state index in [1.165, 1.54) is 0 Å². The van der Waals surface area contributed by atoms with Gasteiger partial charge in [-0.2, -0.15) is 0 Å². The minimum atomic E-state index is -1.08. The Hall–Kier alpha value is -2.67. The van der Waals surface area contributed by atoms with Gasteiger partial charge in [0, 0.05) is 4.47 Å². The number of carbonyl (C=O) groups is 1. The predicted molar refractivity (Wildman–Crippen MR) is 97.8 cm³/mol. The molecule has 1 atom stereocenters. The maximum atomic E-state index is 11.2. The second-order valence-corrected chi connectivity index (χ2v) is 6.56. The first-order valence-electron chi connectivity index (χ1n) is 7.76. The minimum absolute atomic E-state index is 0.468. The summed E-state index contributed by atoms with van der Waals surface area (Å²) in [6.45, 7) is 1.89. The van der Waals surface area contributed by atoms with Crippen molar-refractivity contribution in [1.82, 2.24) is 20.3 Å². The molecule has 2 N–H and O–H groups in total. The molecule has 0 aliphatic rings. The fraction of sp³-hybridized carbons (Fsp3) is 0.167. The van der Waals surface area contributed by atoms with Gasteiger partial charge in [0.05, 0.1) is 17.4 Å². The molecule has 3 aromatic rings. The van der Waals surface area contributed by atoms with Crippen LogP contribution in [0.5, 0.6) is 0 Å². The van der Waals surface area contributed by atoms with E-state index in [2.05, 4.69) is 31.6 Å². The van der Waals surface area contributed by atoms with Gasteiger partial charge in [-0.05, 0) is 43.2 Å². The summed E-state index contributed by atoms with van der Waals surface area (Å²) in [5.74, 6) is 0. The molecular weight excluding hydrogens is 384 g/mol. The number of rotatable bonds is 5. The summed E-state index contributed by atoms with van der Waals surface area (Å²) in [7, 11) is 0. The highest BCUT2D eigenvalue weighted by molar-refractivity contribution is 9.10. The van der Waals surface area contributed by atoms with Gasteiger partial charge in [0.2, 0.25) is 0 Å². The van der Waals surface area contributed by atoms with Crippen LogP contribution < -0.4 is 5.32 Å². The lowest BCUT2D eigenvalue weighted by Gasteiger charge is -2.16. The summed E-state index contributed by atoms with van der Waals surface area (Å²) < 4.78 is 2.69. The zero-order chi connectivity index (χ0) is 17.8. The molecule has 0 aliphatic heterocycles. The van der Waals surface area contributed by atoms with Gasteiger partial charge in [0.15, 0.2) is 0 Å². The van der Waals surface area contributed by atoms with Crippen LogP contribution in [-0.4, -0.2) is 26.2 Å². The number of aromatic nitrogens is 3. The van der Waals surface area contributed by atoms with Crippen LogP contribution >= 0.6 is 15.9 Å². The van der Waals surface area contributed by atoms with Gasteiger partial charge in [0.25, 0.3) is 0 Å². The van der Waals surface area contributed by atoms with E-state index in [9.17, 15) is 9.90 Å². The van der Waals surface area contributed by atoms with Crippen LogP contribution in [0.15, 0.2) is 59.1 Å². The highest BCUT2D eigenvalue weighted by Gasteiger charge is 2.22. The van der Waals surface area contributed by atoms with Crippen LogP contribution in [0, 0.1) is 6.92 Å². The molecule has 6 nitrogen and oxygen atoms in total. The molecule has 25 heavy (non-hydrogen) atoms. The molecule has 2 aromatic carbocycles. The molecule has 128 valence electrons. The van der Waals surface area contributed by atoms with Crippen LogP contribution in [0.1, 0.15) is 23.0 Å². The summed E-state index contributed by atoms with van der Waals surface area (Å²) in [5, 5.41) is 20.2. The van der Waals surface area contributed by atoms with Gasteiger partial charge in [-0.25, -0.2) is 9.48 Å². The smallest absolute Gasteiger partial charge is 0.405 e. The van der Waals surface area contributed by atoms with E-state index in [1.807, 2.05) is 61.5 Å². The second kappa shape index (κ2) is 7.48. The van der Waals surface area contributed by atoms with Crippen LogP contribution in [0.3, 0.4) is 0 Å². The Morgan fingerprint density at radius 3 is 2.52 bits per heavy atom. The number of amides is 1. The average molecular weight is 401 g/mol. The maximum Gasteiger partial charge on any atom is 0.405 e. The predicted octanol–water partition coefficient (Wildman–Crippen LogP) is 3.89. The lowest BCUT2D eigenvalue weighted by Crippen LogP contribution is -2.29. The van der Waals surface area contributed by atoms with Gasteiger partial charge >= 0.3 is 6.09 Å². The zero-order valence-corrected chi connectivity index (χ0v) is 15.1. The molecule has 0 aliphatic carbocycles. The Labute approximate surface area is 153 Å². The average Bonchev–Trinajstić information content (AvgIpc) is 2.97. The molecule has 0 saturated heterocycles. The minimum Gasteiger partial charge on any atom is -0.465 e. The van der Waals surface area contributed by atoms with E-state index in [4.69, 9.17) is 0 Å². The Bertz CT molecular complexity index is 863. The molecule has 0 spiro atoms. The highest BCUT2D eigenvalue weighted by atomic mass is 79.9. The number of carboxylic acid groups (broad SMARTS) is 1. The van der Waals surface area contributed by atoms with Crippen LogP contribution in [0.25, 0.3) is 5.69 Å². The molecule has 0 saturated carbocycles. The Morgan fingerprint density at radius 1 is 1.20 bits per heavy atom. The monoisotopic (exact) mass is 400 g/mol. The summed E-state index contributed by atoms with van der Waals surface area (Å²) in [4.78, 5) is 11.2. The molecular formula is C18H17BrN4O2. The summed E-state index contributed by atoms with van der Waals surface area (Å²) in [5.41, 5.74) is 3.32. The number of hydrogen-bond acceptors (Lipinski definition) is 3. The third-order valence-electron chi connectivity index (χ3n) is 3.91. The zero-order valence-electron chi connectivity index (χ0n) is 13.6. The van der Waals surface area contributed by atoms with Gasteiger partial charge in [-0.3, -0.25) is 0 Å². The van der Waals surface area contributed by atoms with E-state index >= 15 is 0 Å². The van der Waals surface area contributed by atoms with Crippen LogP contribution in [0.2, 0.25) is 0 Å². The molecule has 7 heteroatoms. The first-order valence-corrected chi connectivity index (χ1v) is 8.55. The summed E-state index contributed by atoms with van der Waals surface area (Å²) >= 11 is 3.41. The highest BCUT2D eigenvalue weighted by Crippen LogP contribution is 2.22. The first kappa shape index (κ1) is 17.2. The number of hydrogen-bond donors (Lipinski definition) is 2.